The van der Waals surface area contributed by atoms with E-state index in [0.717, 1.165) is 51.9 Å². The molecule has 0 radical (unpaired) electrons. The number of phenols is 1. The number of nitrogens with zero attached hydrogens (tertiary/aromatic N) is 5. The van der Waals surface area contributed by atoms with Crippen molar-refractivity contribution < 1.29 is 14.6 Å². The molecule has 41 heavy (non-hydrogen) atoms. The summed E-state index contributed by atoms with van der Waals surface area (Å²) in [7, 11) is 2.14. The van der Waals surface area contributed by atoms with Crippen molar-refractivity contribution in [2.24, 2.45) is 0 Å². The molecule has 2 aliphatic heterocycles. The van der Waals surface area contributed by atoms with Crippen molar-refractivity contribution >= 4 is 22.5 Å². The highest BCUT2D eigenvalue weighted by Crippen LogP contribution is 2.43. The van der Waals surface area contributed by atoms with Crippen molar-refractivity contribution in [3.8, 4) is 11.8 Å². The van der Waals surface area contributed by atoms with Crippen molar-refractivity contribution in [3.05, 3.63) is 78.0 Å². The van der Waals surface area contributed by atoms with Gasteiger partial charge in [0.2, 0.25) is 5.91 Å². The van der Waals surface area contributed by atoms with Crippen LogP contribution in [0.3, 0.4) is 0 Å². The van der Waals surface area contributed by atoms with Crippen LogP contribution in [0, 0.1) is 0 Å². The summed E-state index contributed by atoms with van der Waals surface area (Å²) >= 11 is 0. The number of carbonyl (C=O) groups is 1. The minimum atomic E-state index is -0.0412. The van der Waals surface area contributed by atoms with Crippen LogP contribution in [0.15, 0.2) is 61.2 Å². The van der Waals surface area contributed by atoms with Crippen LogP contribution in [0.2, 0.25) is 0 Å². The molecule has 6 rings (SSSR count). The number of benzene rings is 2. The van der Waals surface area contributed by atoms with E-state index in [-0.39, 0.29) is 23.6 Å². The first kappa shape index (κ1) is 27.3. The van der Waals surface area contributed by atoms with E-state index in [1.54, 1.807) is 0 Å². The number of rotatable bonds is 6. The molecule has 8 heteroatoms. The lowest BCUT2D eigenvalue weighted by Crippen LogP contribution is -2.54. The summed E-state index contributed by atoms with van der Waals surface area (Å²) < 4.78 is 6.30. The fourth-order valence-corrected chi connectivity index (χ4v) is 6.74. The Labute approximate surface area is 241 Å². The van der Waals surface area contributed by atoms with Gasteiger partial charge in [-0.25, -0.2) is 0 Å². The number of likely N-dealkylation sites (N-methyl/N-ethyl adjacent to an activating group) is 1. The lowest BCUT2D eigenvalue weighted by molar-refractivity contribution is -0.126. The standard InChI is InChI=1S/C33H39N5O3/c1-5-31(40)37-13-14-38(22(3)19-37)32-29-15-21(2)27(28-17-25(39)16-23-9-6-7-11-26(23)28)18-30(29)34-33(35-32)41-20-24-10-8-12-36(24)4/h5-7,9,11,16-17,22,24,27,39H,1-2,8,10,12-15,18-20H2,3-4H3/t22-,24-,27-/m0/s1. The molecule has 214 valence electrons. The van der Waals surface area contributed by atoms with Gasteiger partial charge in [0.15, 0.2) is 0 Å². The first-order valence-electron chi connectivity index (χ1n) is 14.6. The summed E-state index contributed by atoms with van der Waals surface area (Å²) in [6.45, 7) is 13.8. The van der Waals surface area contributed by atoms with Gasteiger partial charge in [-0.3, -0.25) is 4.79 Å². The predicted octanol–water partition coefficient (Wildman–Crippen LogP) is 4.47. The molecule has 0 unspecified atom stereocenters. The molecular formula is C33H39N5O3. The minimum absolute atomic E-state index is 0.00977. The average Bonchev–Trinajstić information content (AvgIpc) is 3.39. The summed E-state index contributed by atoms with van der Waals surface area (Å²) in [5, 5.41) is 12.7. The van der Waals surface area contributed by atoms with Crippen LogP contribution >= 0.6 is 0 Å². The summed E-state index contributed by atoms with van der Waals surface area (Å²) in [5.41, 5.74) is 4.19. The predicted molar refractivity (Wildman–Crippen MR) is 162 cm³/mol. The van der Waals surface area contributed by atoms with E-state index in [0.29, 0.717) is 51.1 Å². The molecule has 2 aromatic carbocycles. The molecular weight excluding hydrogens is 514 g/mol. The molecule has 1 aliphatic carbocycles. The molecule has 0 saturated carbocycles. The van der Waals surface area contributed by atoms with Gasteiger partial charge in [-0.05, 0) is 74.3 Å². The van der Waals surface area contributed by atoms with Crippen molar-refractivity contribution in [2.75, 3.05) is 44.7 Å². The highest BCUT2D eigenvalue weighted by molar-refractivity contribution is 5.88. The van der Waals surface area contributed by atoms with Gasteiger partial charge in [0.25, 0.3) is 0 Å². The summed E-state index contributed by atoms with van der Waals surface area (Å²) in [5.74, 6) is 1.10. The van der Waals surface area contributed by atoms with E-state index >= 15 is 0 Å². The Kier molecular flexibility index (Phi) is 7.43. The van der Waals surface area contributed by atoms with Gasteiger partial charge in [-0.1, -0.05) is 43.0 Å². The van der Waals surface area contributed by atoms with Crippen LogP contribution < -0.4 is 9.64 Å². The van der Waals surface area contributed by atoms with E-state index in [4.69, 9.17) is 14.7 Å². The van der Waals surface area contributed by atoms with Crippen molar-refractivity contribution in [1.82, 2.24) is 19.8 Å². The maximum Gasteiger partial charge on any atom is 0.318 e. The third-order valence-corrected chi connectivity index (χ3v) is 9.06. The topological polar surface area (TPSA) is 82.0 Å². The van der Waals surface area contributed by atoms with Gasteiger partial charge < -0.3 is 24.5 Å². The number of fused-ring (bicyclic) bond motifs is 2. The second kappa shape index (κ2) is 11.2. The third kappa shape index (κ3) is 5.28. The fraction of sp³-hybridized carbons (Fsp3) is 0.424. The number of allylic oxidation sites excluding steroid dienone is 1. The average molecular weight is 554 g/mol. The van der Waals surface area contributed by atoms with Crippen LogP contribution in [-0.2, 0) is 17.6 Å². The van der Waals surface area contributed by atoms with Crippen molar-refractivity contribution in [3.63, 3.8) is 0 Å². The fourth-order valence-electron chi connectivity index (χ4n) is 6.74. The number of aromatic nitrogens is 2. The maximum atomic E-state index is 12.3. The Morgan fingerprint density at radius 3 is 2.78 bits per heavy atom. The molecule has 3 atom stereocenters. The zero-order valence-electron chi connectivity index (χ0n) is 24.1. The smallest absolute Gasteiger partial charge is 0.318 e. The second-order valence-electron chi connectivity index (χ2n) is 11.7. The number of hydrogen-bond donors (Lipinski definition) is 1. The molecule has 0 spiro atoms. The molecule has 2 saturated heterocycles. The molecule has 8 nitrogen and oxygen atoms in total. The van der Waals surface area contributed by atoms with Crippen molar-refractivity contribution in [1.29, 1.82) is 0 Å². The minimum Gasteiger partial charge on any atom is -0.508 e. The highest BCUT2D eigenvalue weighted by Gasteiger charge is 2.34. The number of hydrogen-bond acceptors (Lipinski definition) is 7. The molecule has 3 heterocycles. The first-order valence-corrected chi connectivity index (χ1v) is 14.6. The van der Waals surface area contributed by atoms with Gasteiger partial charge in [-0.15, -0.1) is 0 Å². The monoisotopic (exact) mass is 553 g/mol. The number of anilines is 1. The number of piperazine rings is 1. The molecule has 1 amide bonds. The molecule has 1 aromatic heterocycles. The first-order chi connectivity index (χ1) is 19.8. The van der Waals surface area contributed by atoms with Crippen molar-refractivity contribution in [2.45, 2.75) is 50.6 Å². The molecule has 2 fully saturated rings. The van der Waals surface area contributed by atoms with Gasteiger partial charge in [-0.2, -0.15) is 9.97 Å². The zero-order chi connectivity index (χ0) is 28.7. The molecule has 1 N–H and O–H groups in total. The van der Waals surface area contributed by atoms with Gasteiger partial charge in [0.1, 0.15) is 18.2 Å². The van der Waals surface area contributed by atoms with Crippen LogP contribution in [0.4, 0.5) is 5.82 Å². The Hall–Kier alpha value is -3.91. The van der Waals surface area contributed by atoms with Gasteiger partial charge >= 0.3 is 6.01 Å². The number of phenolic OH excluding ortho intramolecular Hbond substituents is 1. The normalized spacial score (nSPS) is 23.1. The van der Waals surface area contributed by atoms with E-state index < -0.39 is 0 Å². The van der Waals surface area contributed by atoms with Crippen LogP contribution in [0.1, 0.15) is 42.5 Å². The summed E-state index contributed by atoms with van der Waals surface area (Å²) in [6.07, 6.45) is 4.96. The number of ether oxygens (including phenoxy) is 1. The molecule has 3 aromatic rings. The lowest BCUT2D eigenvalue weighted by Gasteiger charge is -2.42. The number of carbonyl (C=O) groups excluding carboxylic acids is 1. The van der Waals surface area contributed by atoms with E-state index in [2.05, 4.69) is 43.0 Å². The number of amides is 1. The quantitative estimate of drug-likeness (QED) is 0.356. The van der Waals surface area contributed by atoms with E-state index in [9.17, 15) is 9.90 Å². The number of aromatic hydroxyl groups is 1. The zero-order valence-corrected chi connectivity index (χ0v) is 24.1. The SMILES string of the molecule is C=CC(=O)N1CCN(c2nc(OC[C@@H]3CCCN3C)nc3c2CC(=C)[C@@H](c2cc(O)cc4ccccc24)C3)[C@@H](C)C1. The second-order valence-corrected chi connectivity index (χ2v) is 11.7. The maximum absolute atomic E-state index is 12.3. The van der Waals surface area contributed by atoms with E-state index in [1.807, 2.05) is 35.2 Å². The largest absolute Gasteiger partial charge is 0.508 e. The lowest BCUT2D eigenvalue weighted by atomic mass is 9.77. The summed E-state index contributed by atoms with van der Waals surface area (Å²) in [4.78, 5) is 28.8. The van der Waals surface area contributed by atoms with Gasteiger partial charge in [0.05, 0.1) is 5.69 Å². The Morgan fingerprint density at radius 2 is 2.02 bits per heavy atom. The Balaban J connectivity index is 1.37. The Bertz CT molecular complexity index is 1500. The van der Waals surface area contributed by atoms with Crippen LogP contribution in [0.25, 0.3) is 10.8 Å². The van der Waals surface area contributed by atoms with E-state index in [1.165, 1.54) is 12.5 Å². The third-order valence-electron chi connectivity index (χ3n) is 9.06. The summed E-state index contributed by atoms with van der Waals surface area (Å²) in [6, 6.07) is 12.7. The van der Waals surface area contributed by atoms with Gasteiger partial charge in [0, 0.05) is 49.6 Å². The van der Waals surface area contributed by atoms with Crippen LogP contribution in [0.5, 0.6) is 11.8 Å². The molecule has 3 aliphatic rings. The Morgan fingerprint density at radius 1 is 1.20 bits per heavy atom. The molecule has 0 bridgehead atoms. The number of likely N-dealkylation sites (tertiary alicyclic amines) is 1. The highest BCUT2D eigenvalue weighted by atomic mass is 16.5. The van der Waals surface area contributed by atoms with Crippen LogP contribution in [-0.4, -0.2) is 82.7 Å².